The summed E-state index contributed by atoms with van der Waals surface area (Å²) in [5.74, 6) is 0.888. The van der Waals surface area contributed by atoms with Crippen molar-refractivity contribution in [2.45, 2.75) is 13.0 Å². The summed E-state index contributed by atoms with van der Waals surface area (Å²) >= 11 is 0. The minimum atomic E-state index is -0.433. The van der Waals surface area contributed by atoms with Crippen LogP contribution in [0.5, 0.6) is 0 Å². The second-order valence-corrected chi connectivity index (χ2v) is 7.53. The molecule has 0 saturated carbocycles. The highest BCUT2D eigenvalue weighted by molar-refractivity contribution is 5.70. The highest BCUT2D eigenvalue weighted by Gasteiger charge is 2.26. The normalized spacial score (nSPS) is 15.1. The van der Waals surface area contributed by atoms with E-state index in [-0.39, 0.29) is 11.7 Å². The molecule has 0 bridgehead atoms. The highest BCUT2D eigenvalue weighted by atomic mass is 16.6. The molecule has 8 nitrogen and oxygen atoms in total. The van der Waals surface area contributed by atoms with E-state index in [4.69, 9.17) is 4.42 Å². The van der Waals surface area contributed by atoms with Crippen LogP contribution in [-0.2, 0) is 0 Å². The SMILES string of the molecule is C[C@H](c1nnc(-c2ccc([N+](=O)[O-])cc2)o1)N1CC=C(c2ccc(N(C)C)cc2)C1. The molecule has 1 aromatic heterocycles. The molecule has 1 aliphatic rings. The van der Waals surface area contributed by atoms with Crippen LogP contribution in [0.4, 0.5) is 11.4 Å². The predicted octanol–water partition coefficient (Wildman–Crippen LogP) is 4.17. The van der Waals surface area contributed by atoms with Crippen LogP contribution < -0.4 is 4.90 Å². The number of non-ortho nitro benzene ring substituents is 1. The molecular formula is C22H23N5O3. The third kappa shape index (κ3) is 3.95. The Hall–Kier alpha value is -3.52. The Labute approximate surface area is 174 Å². The van der Waals surface area contributed by atoms with Crippen molar-refractivity contribution in [1.82, 2.24) is 15.1 Å². The van der Waals surface area contributed by atoms with E-state index in [0.717, 1.165) is 13.1 Å². The minimum absolute atomic E-state index is 0.0288. The van der Waals surface area contributed by atoms with Crippen molar-refractivity contribution >= 4 is 16.9 Å². The number of anilines is 1. The third-order valence-electron chi connectivity index (χ3n) is 5.37. The van der Waals surface area contributed by atoms with Gasteiger partial charge in [0.25, 0.3) is 5.69 Å². The van der Waals surface area contributed by atoms with Crippen LogP contribution in [0.3, 0.4) is 0 Å². The maximum atomic E-state index is 10.8. The van der Waals surface area contributed by atoms with E-state index >= 15 is 0 Å². The van der Waals surface area contributed by atoms with Gasteiger partial charge in [-0.05, 0) is 42.3 Å². The van der Waals surface area contributed by atoms with Crippen LogP contribution in [0.1, 0.15) is 24.4 Å². The monoisotopic (exact) mass is 405 g/mol. The average Bonchev–Trinajstić information content (AvgIpc) is 3.44. The summed E-state index contributed by atoms with van der Waals surface area (Å²) in [4.78, 5) is 14.7. The van der Waals surface area contributed by atoms with E-state index in [1.54, 1.807) is 12.1 Å². The Morgan fingerprint density at radius 2 is 1.73 bits per heavy atom. The lowest BCUT2D eigenvalue weighted by Gasteiger charge is -2.21. The standard InChI is InChI=1S/C22H23N5O3/c1-15(21-23-24-22(30-21)17-6-10-20(11-7-17)27(28)29)26-13-12-18(14-26)16-4-8-19(9-5-16)25(2)3/h4-12,15H,13-14H2,1-3H3/t15-/m1/s1. The second kappa shape index (κ2) is 8.08. The molecule has 0 spiro atoms. The first-order chi connectivity index (χ1) is 14.4. The number of hydrogen-bond acceptors (Lipinski definition) is 7. The average molecular weight is 405 g/mol. The molecule has 0 radical (unpaired) electrons. The van der Waals surface area contributed by atoms with E-state index in [0.29, 0.717) is 17.3 Å². The Bertz CT molecular complexity index is 1070. The fourth-order valence-electron chi connectivity index (χ4n) is 3.46. The first-order valence-corrected chi connectivity index (χ1v) is 9.71. The van der Waals surface area contributed by atoms with Gasteiger partial charge in [-0.15, -0.1) is 10.2 Å². The van der Waals surface area contributed by atoms with E-state index in [9.17, 15) is 10.1 Å². The molecule has 0 aliphatic carbocycles. The zero-order valence-electron chi connectivity index (χ0n) is 17.1. The van der Waals surface area contributed by atoms with Gasteiger partial charge in [0.05, 0.1) is 11.0 Å². The predicted molar refractivity (Wildman–Crippen MR) is 115 cm³/mol. The summed E-state index contributed by atoms with van der Waals surface area (Å²) in [5, 5.41) is 19.1. The van der Waals surface area contributed by atoms with Crippen molar-refractivity contribution in [2.75, 3.05) is 32.1 Å². The maximum absolute atomic E-state index is 10.8. The quantitative estimate of drug-likeness (QED) is 0.449. The first-order valence-electron chi connectivity index (χ1n) is 9.71. The van der Waals surface area contributed by atoms with Gasteiger partial charge < -0.3 is 9.32 Å². The summed E-state index contributed by atoms with van der Waals surface area (Å²) in [6.07, 6.45) is 2.23. The topological polar surface area (TPSA) is 88.5 Å². The molecule has 0 unspecified atom stereocenters. The van der Waals surface area contributed by atoms with E-state index < -0.39 is 4.92 Å². The Kier molecular flexibility index (Phi) is 5.33. The fourth-order valence-corrected chi connectivity index (χ4v) is 3.46. The van der Waals surface area contributed by atoms with Gasteiger partial charge in [0, 0.05) is 50.6 Å². The van der Waals surface area contributed by atoms with Gasteiger partial charge in [-0.25, -0.2) is 0 Å². The van der Waals surface area contributed by atoms with E-state index in [1.807, 2.05) is 21.0 Å². The van der Waals surface area contributed by atoms with Crippen molar-refractivity contribution < 1.29 is 9.34 Å². The van der Waals surface area contributed by atoms with Crippen LogP contribution in [0.15, 0.2) is 59.0 Å². The number of benzene rings is 2. The molecule has 8 heteroatoms. The lowest BCUT2D eigenvalue weighted by Crippen LogP contribution is -2.24. The summed E-state index contributed by atoms with van der Waals surface area (Å²) in [6, 6.07) is 14.6. The van der Waals surface area contributed by atoms with E-state index in [1.165, 1.54) is 29.0 Å². The molecule has 4 rings (SSSR count). The van der Waals surface area contributed by atoms with Crippen molar-refractivity contribution in [1.29, 1.82) is 0 Å². The van der Waals surface area contributed by atoms with Crippen LogP contribution in [-0.4, -0.2) is 47.2 Å². The van der Waals surface area contributed by atoms with Gasteiger partial charge in [-0.1, -0.05) is 18.2 Å². The Balaban J connectivity index is 1.43. The number of nitro groups is 1. The Morgan fingerprint density at radius 3 is 2.37 bits per heavy atom. The molecule has 154 valence electrons. The van der Waals surface area contributed by atoms with Gasteiger partial charge in [0.15, 0.2) is 0 Å². The van der Waals surface area contributed by atoms with Crippen molar-refractivity contribution in [3.8, 4) is 11.5 Å². The fraction of sp³-hybridized carbons (Fsp3) is 0.273. The number of hydrogen-bond donors (Lipinski definition) is 0. The van der Waals surface area contributed by atoms with Crippen LogP contribution in [0.25, 0.3) is 17.0 Å². The van der Waals surface area contributed by atoms with E-state index in [2.05, 4.69) is 50.3 Å². The van der Waals surface area contributed by atoms with Gasteiger partial charge in [0.2, 0.25) is 11.8 Å². The number of nitrogens with zero attached hydrogens (tertiary/aromatic N) is 5. The van der Waals surface area contributed by atoms with Crippen LogP contribution in [0, 0.1) is 10.1 Å². The third-order valence-corrected chi connectivity index (χ3v) is 5.37. The molecule has 1 atom stereocenters. The molecule has 2 heterocycles. The van der Waals surface area contributed by atoms with Crippen molar-refractivity contribution in [3.63, 3.8) is 0 Å². The largest absolute Gasteiger partial charge is 0.419 e. The molecule has 2 aromatic carbocycles. The smallest absolute Gasteiger partial charge is 0.269 e. The molecule has 0 N–H and O–H groups in total. The number of rotatable bonds is 6. The summed E-state index contributed by atoms with van der Waals surface area (Å²) in [7, 11) is 4.06. The van der Waals surface area contributed by atoms with Gasteiger partial charge in [-0.3, -0.25) is 15.0 Å². The van der Waals surface area contributed by atoms with Crippen LogP contribution in [0.2, 0.25) is 0 Å². The maximum Gasteiger partial charge on any atom is 0.269 e. The van der Waals surface area contributed by atoms with Gasteiger partial charge in [0.1, 0.15) is 0 Å². The zero-order chi connectivity index (χ0) is 21.3. The first kappa shape index (κ1) is 19.8. The molecule has 0 saturated heterocycles. The summed E-state index contributed by atoms with van der Waals surface area (Å²) < 4.78 is 5.86. The minimum Gasteiger partial charge on any atom is -0.419 e. The lowest BCUT2D eigenvalue weighted by molar-refractivity contribution is -0.384. The van der Waals surface area contributed by atoms with Gasteiger partial charge >= 0.3 is 0 Å². The second-order valence-electron chi connectivity index (χ2n) is 7.53. The van der Waals surface area contributed by atoms with Crippen molar-refractivity contribution in [3.05, 3.63) is 76.2 Å². The zero-order valence-corrected chi connectivity index (χ0v) is 17.1. The Morgan fingerprint density at radius 1 is 1.07 bits per heavy atom. The van der Waals surface area contributed by atoms with Crippen molar-refractivity contribution in [2.24, 2.45) is 0 Å². The molecule has 0 amide bonds. The molecule has 0 fully saturated rings. The van der Waals surface area contributed by atoms with Gasteiger partial charge in [-0.2, -0.15) is 0 Å². The van der Waals surface area contributed by atoms with Crippen LogP contribution >= 0.6 is 0 Å². The number of aromatic nitrogens is 2. The molecule has 1 aliphatic heterocycles. The lowest BCUT2D eigenvalue weighted by atomic mass is 10.1. The molecule has 3 aromatic rings. The molecular weight excluding hydrogens is 382 g/mol. The number of nitro benzene ring substituents is 1. The molecule has 30 heavy (non-hydrogen) atoms. The summed E-state index contributed by atoms with van der Waals surface area (Å²) in [5.41, 5.74) is 4.36. The summed E-state index contributed by atoms with van der Waals surface area (Å²) in [6.45, 7) is 3.65. The highest BCUT2D eigenvalue weighted by Crippen LogP contribution is 2.30.